The van der Waals surface area contributed by atoms with Crippen molar-refractivity contribution in [2.24, 2.45) is 0 Å². The molecule has 0 amide bonds. The Morgan fingerprint density at radius 1 is 1.31 bits per heavy atom. The third-order valence-electron chi connectivity index (χ3n) is 2.30. The fraction of sp³-hybridized carbons (Fsp3) is 0.364. The van der Waals surface area contributed by atoms with Gasteiger partial charge in [-0.2, -0.15) is 0 Å². The van der Waals surface area contributed by atoms with Crippen LogP contribution < -0.4 is 0 Å². The fourth-order valence-corrected chi connectivity index (χ4v) is 2.61. The second-order valence-electron chi connectivity index (χ2n) is 3.35. The SMILES string of the molecule is Clc1cccc(SC[C]2CCC2)c1. The van der Waals surface area contributed by atoms with Crippen molar-refractivity contribution in [1.29, 1.82) is 0 Å². The van der Waals surface area contributed by atoms with Crippen LogP contribution in [0.2, 0.25) is 5.02 Å². The smallest absolute Gasteiger partial charge is 0.0417 e. The van der Waals surface area contributed by atoms with Crippen LogP contribution in [0.1, 0.15) is 19.3 Å². The standard InChI is InChI=1S/C11H12ClS/c12-10-5-2-6-11(7-10)13-8-9-3-1-4-9/h2,5-7H,1,3-4,8H2. The minimum Gasteiger partial charge on any atom is -0.126 e. The average molecular weight is 212 g/mol. The summed E-state index contributed by atoms with van der Waals surface area (Å²) in [4.78, 5) is 1.28. The lowest BCUT2D eigenvalue weighted by molar-refractivity contribution is 0.562. The number of benzene rings is 1. The topological polar surface area (TPSA) is 0 Å². The molecule has 13 heavy (non-hydrogen) atoms. The van der Waals surface area contributed by atoms with E-state index in [9.17, 15) is 0 Å². The van der Waals surface area contributed by atoms with E-state index in [0.29, 0.717) is 0 Å². The Kier molecular flexibility index (Phi) is 3.18. The van der Waals surface area contributed by atoms with Gasteiger partial charge in [-0.05, 0) is 37.0 Å². The van der Waals surface area contributed by atoms with E-state index in [1.165, 1.54) is 29.9 Å². The highest BCUT2D eigenvalue weighted by Crippen LogP contribution is 2.34. The van der Waals surface area contributed by atoms with Gasteiger partial charge in [0.25, 0.3) is 0 Å². The van der Waals surface area contributed by atoms with Crippen molar-refractivity contribution in [3.05, 3.63) is 35.2 Å². The first-order valence-corrected chi connectivity index (χ1v) is 5.93. The van der Waals surface area contributed by atoms with Gasteiger partial charge in [0.15, 0.2) is 0 Å². The van der Waals surface area contributed by atoms with E-state index in [0.717, 1.165) is 5.02 Å². The third kappa shape index (κ3) is 2.65. The summed E-state index contributed by atoms with van der Waals surface area (Å²) in [6.07, 6.45) is 4.08. The number of rotatable bonds is 3. The van der Waals surface area contributed by atoms with Crippen LogP contribution in [-0.4, -0.2) is 5.75 Å². The Bertz CT molecular complexity index is 281. The van der Waals surface area contributed by atoms with E-state index >= 15 is 0 Å². The molecule has 1 aliphatic carbocycles. The predicted molar refractivity (Wildman–Crippen MR) is 59.3 cm³/mol. The largest absolute Gasteiger partial charge is 0.126 e. The van der Waals surface area contributed by atoms with Crippen LogP contribution in [0.15, 0.2) is 29.2 Å². The molecule has 69 valence electrons. The van der Waals surface area contributed by atoms with Gasteiger partial charge in [-0.15, -0.1) is 11.8 Å². The number of thioether (sulfide) groups is 1. The minimum absolute atomic E-state index is 0.837. The first-order chi connectivity index (χ1) is 6.34. The summed E-state index contributed by atoms with van der Waals surface area (Å²) in [6, 6.07) is 8.08. The molecule has 1 saturated carbocycles. The summed E-state index contributed by atoms with van der Waals surface area (Å²) in [5, 5.41) is 0.837. The van der Waals surface area contributed by atoms with Gasteiger partial charge in [0, 0.05) is 15.7 Å². The molecule has 1 aromatic carbocycles. The number of halogens is 1. The molecule has 1 fully saturated rings. The van der Waals surface area contributed by atoms with Crippen LogP contribution >= 0.6 is 23.4 Å². The zero-order chi connectivity index (χ0) is 9.10. The lowest BCUT2D eigenvalue weighted by atomic mass is 9.87. The first-order valence-electron chi connectivity index (χ1n) is 4.56. The maximum atomic E-state index is 5.89. The normalized spacial score (nSPS) is 17.0. The highest BCUT2D eigenvalue weighted by Gasteiger charge is 2.17. The Labute approximate surface area is 88.7 Å². The molecule has 0 aromatic heterocycles. The Morgan fingerprint density at radius 3 is 2.77 bits per heavy atom. The molecule has 1 aromatic rings. The third-order valence-corrected chi connectivity index (χ3v) is 3.67. The van der Waals surface area contributed by atoms with Crippen molar-refractivity contribution in [3.63, 3.8) is 0 Å². The van der Waals surface area contributed by atoms with Gasteiger partial charge in [-0.25, -0.2) is 0 Å². The molecule has 1 radical (unpaired) electrons. The Hall–Kier alpha value is -0.140. The molecular formula is C11H12ClS. The quantitative estimate of drug-likeness (QED) is 0.676. The van der Waals surface area contributed by atoms with Gasteiger partial charge < -0.3 is 0 Å². The lowest BCUT2D eigenvalue weighted by Gasteiger charge is -2.23. The molecular weight excluding hydrogens is 200 g/mol. The van der Waals surface area contributed by atoms with Gasteiger partial charge >= 0.3 is 0 Å². The summed E-state index contributed by atoms with van der Waals surface area (Å²) in [5.74, 6) is 2.88. The second-order valence-corrected chi connectivity index (χ2v) is 4.83. The molecule has 0 heterocycles. The molecule has 0 saturated heterocycles. The molecule has 0 aliphatic heterocycles. The second kappa shape index (κ2) is 4.39. The van der Waals surface area contributed by atoms with Gasteiger partial charge in [0.05, 0.1) is 0 Å². The van der Waals surface area contributed by atoms with Gasteiger partial charge in [-0.1, -0.05) is 24.1 Å². The maximum Gasteiger partial charge on any atom is 0.0417 e. The molecule has 0 bridgehead atoms. The summed E-state index contributed by atoms with van der Waals surface area (Å²) in [5.41, 5.74) is 0. The molecule has 2 rings (SSSR count). The predicted octanol–water partition coefficient (Wildman–Crippen LogP) is 4.19. The average Bonchev–Trinajstić information content (AvgIpc) is 2.01. The highest BCUT2D eigenvalue weighted by atomic mass is 35.5. The minimum atomic E-state index is 0.837. The van der Waals surface area contributed by atoms with Crippen LogP contribution in [0.25, 0.3) is 0 Å². The van der Waals surface area contributed by atoms with E-state index < -0.39 is 0 Å². The summed E-state index contributed by atoms with van der Waals surface area (Å²) in [7, 11) is 0. The van der Waals surface area contributed by atoms with Crippen LogP contribution in [-0.2, 0) is 0 Å². The van der Waals surface area contributed by atoms with E-state index in [1.807, 2.05) is 30.0 Å². The summed E-state index contributed by atoms with van der Waals surface area (Å²) < 4.78 is 0. The van der Waals surface area contributed by atoms with Gasteiger partial charge in [-0.3, -0.25) is 0 Å². The maximum absolute atomic E-state index is 5.89. The van der Waals surface area contributed by atoms with Crippen molar-refractivity contribution in [3.8, 4) is 0 Å². The highest BCUT2D eigenvalue weighted by molar-refractivity contribution is 7.99. The molecule has 0 unspecified atom stereocenters. The molecule has 0 atom stereocenters. The lowest BCUT2D eigenvalue weighted by Crippen LogP contribution is -2.10. The Morgan fingerprint density at radius 2 is 2.15 bits per heavy atom. The van der Waals surface area contributed by atoms with Crippen LogP contribution in [0.5, 0.6) is 0 Å². The van der Waals surface area contributed by atoms with E-state index in [-0.39, 0.29) is 0 Å². The number of hydrogen-bond donors (Lipinski definition) is 0. The van der Waals surface area contributed by atoms with Crippen molar-refractivity contribution >= 4 is 23.4 Å². The van der Waals surface area contributed by atoms with Crippen LogP contribution in [0, 0.1) is 5.92 Å². The van der Waals surface area contributed by atoms with Crippen molar-refractivity contribution in [1.82, 2.24) is 0 Å². The van der Waals surface area contributed by atoms with E-state index in [1.54, 1.807) is 5.92 Å². The van der Waals surface area contributed by atoms with Crippen molar-refractivity contribution in [2.45, 2.75) is 24.2 Å². The Balaban J connectivity index is 1.86. The number of hydrogen-bond acceptors (Lipinski definition) is 1. The fourth-order valence-electron chi connectivity index (χ4n) is 1.31. The zero-order valence-corrected chi connectivity index (χ0v) is 9.00. The van der Waals surface area contributed by atoms with E-state index in [4.69, 9.17) is 11.6 Å². The van der Waals surface area contributed by atoms with Crippen molar-refractivity contribution in [2.75, 3.05) is 5.75 Å². The van der Waals surface area contributed by atoms with Crippen molar-refractivity contribution < 1.29 is 0 Å². The van der Waals surface area contributed by atoms with Crippen LogP contribution in [0.3, 0.4) is 0 Å². The van der Waals surface area contributed by atoms with Crippen LogP contribution in [0.4, 0.5) is 0 Å². The molecule has 0 spiro atoms. The van der Waals surface area contributed by atoms with E-state index in [2.05, 4.69) is 6.07 Å². The molecule has 1 aliphatic rings. The van der Waals surface area contributed by atoms with Gasteiger partial charge in [0.2, 0.25) is 0 Å². The monoisotopic (exact) mass is 211 g/mol. The molecule has 0 N–H and O–H groups in total. The molecule has 2 heteroatoms. The van der Waals surface area contributed by atoms with Gasteiger partial charge in [0.1, 0.15) is 0 Å². The molecule has 0 nitrogen and oxygen atoms in total. The zero-order valence-electron chi connectivity index (χ0n) is 7.42. The first kappa shape index (κ1) is 9.42. The summed E-state index contributed by atoms with van der Waals surface area (Å²) >= 11 is 7.78. The summed E-state index contributed by atoms with van der Waals surface area (Å²) in [6.45, 7) is 0.